The molecule has 4 nitrogen and oxygen atoms in total. The summed E-state index contributed by atoms with van der Waals surface area (Å²) in [4.78, 5) is 12.9. The van der Waals surface area contributed by atoms with Crippen molar-refractivity contribution in [2.45, 2.75) is 6.43 Å². The normalized spacial score (nSPS) is 9.93. The van der Waals surface area contributed by atoms with Crippen LogP contribution in [0.4, 0.5) is 8.78 Å². The van der Waals surface area contributed by atoms with E-state index in [0.717, 1.165) is 7.11 Å². The zero-order valence-electron chi connectivity index (χ0n) is 7.17. The fourth-order valence-electron chi connectivity index (χ4n) is 1.03. The molecule has 0 unspecified atom stereocenters. The second-order valence-corrected chi connectivity index (χ2v) is 2.41. The van der Waals surface area contributed by atoms with Gasteiger partial charge in [0.2, 0.25) is 5.56 Å². The molecule has 14 heavy (non-hydrogen) atoms. The van der Waals surface area contributed by atoms with Crippen molar-refractivity contribution in [1.29, 1.82) is 5.26 Å². The third-order valence-electron chi connectivity index (χ3n) is 1.58. The lowest BCUT2D eigenvalue weighted by molar-refractivity contribution is 0.146. The van der Waals surface area contributed by atoms with Gasteiger partial charge in [0.05, 0.1) is 12.7 Å². The molecular weight excluding hydrogens is 194 g/mol. The average Bonchev–Trinajstić information content (AvgIpc) is 2.16. The zero-order chi connectivity index (χ0) is 10.7. The van der Waals surface area contributed by atoms with E-state index < -0.39 is 17.5 Å². The molecule has 0 atom stereocenters. The van der Waals surface area contributed by atoms with Crippen molar-refractivity contribution < 1.29 is 13.5 Å². The number of methoxy groups -OCH3 is 1. The molecule has 0 aromatic carbocycles. The highest BCUT2D eigenvalue weighted by Crippen LogP contribution is 2.28. The number of nitrogens with zero attached hydrogens (tertiary/aromatic N) is 1. The molecule has 0 radical (unpaired) electrons. The summed E-state index contributed by atoms with van der Waals surface area (Å²) in [7, 11) is 1.15. The Morgan fingerprint density at radius 3 is 2.71 bits per heavy atom. The highest BCUT2D eigenvalue weighted by atomic mass is 19.3. The minimum Gasteiger partial charge on any atom is -0.493 e. The van der Waals surface area contributed by atoms with Gasteiger partial charge in [-0.25, -0.2) is 8.78 Å². The standard InChI is InChI=1S/C8H6F2N2O2/c1-14-7-4(8(9)10)2-6(13)12-5(7)3-11/h2,8H,1H3,(H,12,13). The Balaban J connectivity index is 3.49. The van der Waals surface area contributed by atoms with E-state index in [1.165, 1.54) is 0 Å². The van der Waals surface area contributed by atoms with E-state index in [1.807, 2.05) is 0 Å². The fraction of sp³-hybridized carbons (Fsp3) is 0.250. The lowest BCUT2D eigenvalue weighted by atomic mass is 10.2. The molecule has 1 aromatic rings. The van der Waals surface area contributed by atoms with Crippen LogP contribution in [-0.2, 0) is 0 Å². The number of ether oxygens (including phenoxy) is 1. The number of hydrogen-bond donors (Lipinski definition) is 1. The number of nitrogens with one attached hydrogen (secondary N) is 1. The van der Waals surface area contributed by atoms with Gasteiger partial charge in [-0.15, -0.1) is 0 Å². The van der Waals surface area contributed by atoms with E-state index in [9.17, 15) is 13.6 Å². The lowest BCUT2D eigenvalue weighted by Gasteiger charge is -2.07. The first-order chi connectivity index (χ1) is 6.60. The molecule has 1 N–H and O–H groups in total. The SMILES string of the molecule is COc1c(C(F)F)cc(=O)[nH]c1C#N. The van der Waals surface area contributed by atoms with Crippen LogP contribution in [0.3, 0.4) is 0 Å². The van der Waals surface area contributed by atoms with Crippen molar-refractivity contribution in [2.24, 2.45) is 0 Å². The maximum absolute atomic E-state index is 12.4. The van der Waals surface area contributed by atoms with Crippen molar-refractivity contribution in [3.05, 3.63) is 27.7 Å². The predicted octanol–water partition coefficient (Wildman–Crippen LogP) is 1.19. The van der Waals surface area contributed by atoms with Gasteiger partial charge in [0.1, 0.15) is 6.07 Å². The Bertz CT molecular complexity index is 434. The number of hydrogen-bond acceptors (Lipinski definition) is 3. The van der Waals surface area contributed by atoms with E-state index in [0.29, 0.717) is 6.07 Å². The van der Waals surface area contributed by atoms with Gasteiger partial charge in [-0.1, -0.05) is 0 Å². The van der Waals surface area contributed by atoms with Gasteiger partial charge in [0, 0.05) is 6.07 Å². The molecular formula is C8H6F2N2O2. The van der Waals surface area contributed by atoms with Crippen LogP contribution in [-0.4, -0.2) is 12.1 Å². The molecule has 0 bridgehead atoms. The third kappa shape index (κ3) is 1.71. The minimum atomic E-state index is -2.85. The molecule has 6 heteroatoms. The predicted molar refractivity (Wildman–Crippen MR) is 43.3 cm³/mol. The Morgan fingerprint density at radius 2 is 2.29 bits per heavy atom. The van der Waals surface area contributed by atoms with Crippen molar-refractivity contribution in [3.8, 4) is 11.8 Å². The molecule has 0 fully saturated rings. The highest BCUT2D eigenvalue weighted by Gasteiger charge is 2.18. The Labute approximate surface area is 77.7 Å². The summed E-state index contributed by atoms with van der Waals surface area (Å²) >= 11 is 0. The van der Waals surface area contributed by atoms with Crippen LogP contribution in [0.2, 0.25) is 0 Å². The number of nitriles is 1. The molecule has 1 aromatic heterocycles. The summed E-state index contributed by atoms with van der Waals surface area (Å²) in [6.45, 7) is 0. The van der Waals surface area contributed by atoms with E-state index in [-0.39, 0.29) is 11.4 Å². The molecule has 1 rings (SSSR count). The molecule has 0 saturated carbocycles. The van der Waals surface area contributed by atoms with Gasteiger partial charge >= 0.3 is 0 Å². The largest absolute Gasteiger partial charge is 0.493 e. The molecule has 1 heterocycles. The molecule has 0 aliphatic carbocycles. The van der Waals surface area contributed by atoms with Crippen LogP contribution in [0.5, 0.6) is 5.75 Å². The second-order valence-electron chi connectivity index (χ2n) is 2.41. The summed E-state index contributed by atoms with van der Waals surface area (Å²) in [5.74, 6) is -0.290. The smallest absolute Gasteiger partial charge is 0.267 e. The molecule has 0 spiro atoms. The van der Waals surface area contributed by atoms with Crippen molar-refractivity contribution >= 4 is 0 Å². The van der Waals surface area contributed by atoms with Gasteiger partial charge in [0.25, 0.3) is 6.43 Å². The van der Waals surface area contributed by atoms with Crippen LogP contribution in [0, 0.1) is 11.3 Å². The zero-order valence-corrected chi connectivity index (χ0v) is 7.17. The Hall–Kier alpha value is -1.90. The van der Waals surface area contributed by atoms with Crippen LogP contribution >= 0.6 is 0 Å². The summed E-state index contributed by atoms with van der Waals surface area (Å²) in [5.41, 5.74) is -1.62. The van der Waals surface area contributed by atoms with E-state index in [1.54, 1.807) is 6.07 Å². The third-order valence-corrected chi connectivity index (χ3v) is 1.58. The number of halogens is 2. The fourth-order valence-corrected chi connectivity index (χ4v) is 1.03. The molecule has 0 amide bonds. The van der Waals surface area contributed by atoms with Crippen LogP contribution in [0.1, 0.15) is 17.7 Å². The highest BCUT2D eigenvalue weighted by molar-refractivity contribution is 5.44. The maximum Gasteiger partial charge on any atom is 0.267 e. The van der Waals surface area contributed by atoms with E-state index in [2.05, 4.69) is 9.72 Å². The Morgan fingerprint density at radius 1 is 1.64 bits per heavy atom. The topological polar surface area (TPSA) is 65.9 Å². The van der Waals surface area contributed by atoms with Crippen LogP contribution in [0.15, 0.2) is 10.9 Å². The summed E-state index contributed by atoms with van der Waals surface area (Å²) in [5, 5.41) is 8.54. The van der Waals surface area contributed by atoms with Gasteiger partial charge in [-0.05, 0) is 0 Å². The summed E-state index contributed by atoms with van der Waals surface area (Å²) < 4.78 is 29.3. The van der Waals surface area contributed by atoms with E-state index >= 15 is 0 Å². The Kier molecular flexibility index (Phi) is 2.82. The van der Waals surface area contributed by atoms with Crippen molar-refractivity contribution in [1.82, 2.24) is 4.98 Å². The van der Waals surface area contributed by atoms with Gasteiger partial charge in [0.15, 0.2) is 11.4 Å². The van der Waals surface area contributed by atoms with Gasteiger partial charge < -0.3 is 9.72 Å². The number of pyridine rings is 1. The first-order valence-electron chi connectivity index (χ1n) is 3.59. The number of alkyl halides is 2. The summed E-state index contributed by atoms with van der Waals surface area (Å²) in [6, 6.07) is 2.28. The van der Waals surface area contributed by atoms with Gasteiger partial charge in [-0.2, -0.15) is 5.26 Å². The molecule has 0 aliphatic rings. The van der Waals surface area contributed by atoms with Crippen LogP contribution in [0.25, 0.3) is 0 Å². The first kappa shape index (κ1) is 10.2. The monoisotopic (exact) mass is 200 g/mol. The average molecular weight is 200 g/mol. The van der Waals surface area contributed by atoms with E-state index in [4.69, 9.17) is 5.26 Å². The number of rotatable bonds is 2. The van der Waals surface area contributed by atoms with Crippen molar-refractivity contribution in [2.75, 3.05) is 7.11 Å². The van der Waals surface area contributed by atoms with Gasteiger partial charge in [-0.3, -0.25) is 4.79 Å². The van der Waals surface area contributed by atoms with Crippen molar-refractivity contribution in [3.63, 3.8) is 0 Å². The molecule has 0 saturated heterocycles. The number of aromatic amines is 1. The minimum absolute atomic E-state index is 0.290. The second kappa shape index (κ2) is 3.87. The lowest BCUT2D eigenvalue weighted by Crippen LogP contribution is -2.11. The number of H-pyrrole nitrogens is 1. The quantitative estimate of drug-likeness (QED) is 0.779. The number of aromatic nitrogens is 1. The molecule has 0 aliphatic heterocycles. The van der Waals surface area contributed by atoms with Crippen LogP contribution < -0.4 is 10.3 Å². The summed E-state index contributed by atoms with van der Waals surface area (Å²) in [6.07, 6.45) is -2.85. The first-order valence-corrected chi connectivity index (χ1v) is 3.59. The maximum atomic E-state index is 12.4. The molecule has 74 valence electrons.